The van der Waals surface area contributed by atoms with Crippen LogP contribution in [0.25, 0.3) is 16.6 Å². The minimum atomic E-state index is -0.749. The third kappa shape index (κ3) is 5.64. The molecule has 0 fully saturated rings. The van der Waals surface area contributed by atoms with Crippen LogP contribution in [0.4, 0.5) is 10.1 Å². The first kappa shape index (κ1) is 24.1. The zero-order chi connectivity index (χ0) is 23.3. The minimum Gasteiger partial charge on any atom is -0.373 e. The maximum Gasteiger partial charge on any atom is 0.128 e. The molecule has 32 heavy (non-hydrogen) atoms. The van der Waals surface area contributed by atoms with Crippen molar-refractivity contribution < 1.29 is 4.39 Å². The summed E-state index contributed by atoms with van der Waals surface area (Å²) in [6, 6.07) is 9.35. The Morgan fingerprint density at radius 2 is 1.97 bits per heavy atom. The molecule has 3 rings (SSSR count). The van der Waals surface area contributed by atoms with Crippen molar-refractivity contribution in [1.82, 2.24) is 9.97 Å². The van der Waals surface area contributed by atoms with Crippen LogP contribution >= 0.6 is 11.6 Å². The van der Waals surface area contributed by atoms with E-state index in [0.717, 1.165) is 29.7 Å². The van der Waals surface area contributed by atoms with Crippen molar-refractivity contribution in [2.24, 2.45) is 11.7 Å². The summed E-state index contributed by atoms with van der Waals surface area (Å²) in [5.74, 6) is 0.239. The number of benzene rings is 1. The summed E-state index contributed by atoms with van der Waals surface area (Å²) in [5, 5.41) is 0.428. The van der Waals surface area contributed by atoms with Gasteiger partial charge in [-0.3, -0.25) is 4.98 Å². The second kappa shape index (κ2) is 10.9. The Kier molecular flexibility index (Phi) is 8.21. The van der Waals surface area contributed by atoms with Crippen LogP contribution in [0, 0.1) is 11.7 Å². The highest BCUT2D eigenvalue weighted by atomic mass is 35.5. The molecule has 3 aromatic rings. The highest BCUT2D eigenvalue weighted by Gasteiger charge is 2.18. The summed E-state index contributed by atoms with van der Waals surface area (Å²) < 4.78 is 14.3. The average molecular weight is 455 g/mol. The van der Waals surface area contributed by atoms with E-state index in [4.69, 9.17) is 22.3 Å². The Labute approximate surface area is 195 Å². The molecule has 6 heteroatoms. The van der Waals surface area contributed by atoms with Gasteiger partial charge in [-0.05, 0) is 54.3 Å². The fraction of sp³-hybridized carbons (Fsp3) is 0.385. The molecule has 0 bridgehead atoms. The van der Waals surface area contributed by atoms with Gasteiger partial charge in [0.1, 0.15) is 5.82 Å². The van der Waals surface area contributed by atoms with Crippen LogP contribution < -0.4 is 10.6 Å². The van der Waals surface area contributed by atoms with Gasteiger partial charge < -0.3 is 10.6 Å². The molecule has 1 aromatic carbocycles. The Hall–Kier alpha value is -2.50. The van der Waals surface area contributed by atoms with Gasteiger partial charge in [0, 0.05) is 24.2 Å². The molecule has 0 saturated heterocycles. The lowest BCUT2D eigenvalue weighted by molar-refractivity contribution is 0.453. The van der Waals surface area contributed by atoms with Crippen molar-refractivity contribution in [3.8, 4) is 0 Å². The first-order valence-corrected chi connectivity index (χ1v) is 11.6. The van der Waals surface area contributed by atoms with E-state index in [2.05, 4.69) is 37.4 Å². The molecular formula is C26H32ClFN4. The van der Waals surface area contributed by atoms with Gasteiger partial charge >= 0.3 is 0 Å². The largest absolute Gasteiger partial charge is 0.373 e. The molecule has 0 aliphatic heterocycles. The molecule has 4 nitrogen and oxygen atoms in total. The van der Waals surface area contributed by atoms with Crippen LogP contribution in [0.1, 0.15) is 56.8 Å². The number of nitrogens with zero attached hydrogens (tertiary/aromatic N) is 3. The predicted molar refractivity (Wildman–Crippen MR) is 133 cm³/mol. The quantitative estimate of drug-likeness (QED) is 0.366. The van der Waals surface area contributed by atoms with Gasteiger partial charge in [-0.1, -0.05) is 51.3 Å². The van der Waals surface area contributed by atoms with Crippen molar-refractivity contribution in [1.29, 1.82) is 0 Å². The smallest absolute Gasteiger partial charge is 0.128 e. The lowest BCUT2D eigenvalue weighted by atomic mass is 9.97. The van der Waals surface area contributed by atoms with Gasteiger partial charge in [-0.25, -0.2) is 9.37 Å². The second-order valence-corrected chi connectivity index (χ2v) is 8.83. The maximum atomic E-state index is 14.3. The van der Waals surface area contributed by atoms with Gasteiger partial charge in [0.05, 0.1) is 34.7 Å². The van der Waals surface area contributed by atoms with E-state index in [9.17, 15) is 4.39 Å². The molecule has 0 saturated carbocycles. The SMILES string of the molecule is C=C(c1ccc2ncc(N(C)CC(CC)CCCC)cc2n1)C(N)c1cc(Cl)ccc1F. The fourth-order valence-electron chi connectivity index (χ4n) is 3.89. The number of fused-ring (bicyclic) bond motifs is 1. The number of hydrogen-bond acceptors (Lipinski definition) is 4. The third-order valence-electron chi connectivity index (χ3n) is 6.04. The molecule has 0 amide bonds. The molecule has 0 spiro atoms. The summed E-state index contributed by atoms with van der Waals surface area (Å²) >= 11 is 6.03. The van der Waals surface area contributed by atoms with Crippen molar-refractivity contribution >= 4 is 33.9 Å². The lowest BCUT2D eigenvalue weighted by Gasteiger charge is -2.25. The molecule has 2 unspecified atom stereocenters. The molecule has 0 aliphatic carbocycles. The summed E-state index contributed by atoms with van der Waals surface area (Å²) in [6.45, 7) is 9.55. The van der Waals surface area contributed by atoms with Crippen LogP contribution in [-0.4, -0.2) is 23.6 Å². The van der Waals surface area contributed by atoms with Crippen molar-refractivity contribution in [2.45, 2.75) is 45.6 Å². The van der Waals surface area contributed by atoms with Gasteiger partial charge in [0.25, 0.3) is 0 Å². The van der Waals surface area contributed by atoms with E-state index in [1.807, 2.05) is 24.4 Å². The summed E-state index contributed by atoms with van der Waals surface area (Å²) in [7, 11) is 2.10. The van der Waals surface area contributed by atoms with Crippen LogP contribution in [-0.2, 0) is 0 Å². The van der Waals surface area contributed by atoms with Crippen molar-refractivity contribution in [3.05, 3.63) is 71.3 Å². The second-order valence-electron chi connectivity index (χ2n) is 8.39. The monoisotopic (exact) mass is 454 g/mol. The Balaban J connectivity index is 1.84. The number of unbranched alkanes of at least 4 members (excludes halogenated alkanes) is 1. The molecule has 2 aromatic heterocycles. The van der Waals surface area contributed by atoms with E-state index in [1.165, 1.54) is 37.5 Å². The lowest BCUT2D eigenvalue weighted by Crippen LogP contribution is -2.25. The van der Waals surface area contributed by atoms with E-state index >= 15 is 0 Å². The molecule has 2 atom stereocenters. The van der Waals surface area contributed by atoms with Crippen molar-refractivity contribution in [3.63, 3.8) is 0 Å². The highest BCUT2D eigenvalue weighted by Crippen LogP contribution is 2.30. The van der Waals surface area contributed by atoms with E-state index in [1.54, 1.807) is 0 Å². The maximum absolute atomic E-state index is 14.3. The number of halogens is 2. The molecule has 0 radical (unpaired) electrons. The summed E-state index contributed by atoms with van der Waals surface area (Å²) in [5.41, 5.74) is 10.3. The predicted octanol–water partition coefficient (Wildman–Crippen LogP) is 6.79. The standard InChI is InChI=1S/C26H32ClFN4/c1-5-7-8-18(6-2)16-32(4)20-14-25-24(30-15-20)12-11-23(31-25)17(3)26(29)21-13-19(27)9-10-22(21)28/h9-15,18,26H,3,5-8,16,29H2,1-2,4H3. The van der Waals surface area contributed by atoms with E-state index in [0.29, 0.717) is 27.8 Å². The number of rotatable bonds is 10. The average Bonchev–Trinajstić information content (AvgIpc) is 2.81. The van der Waals surface area contributed by atoms with Gasteiger partial charge in [0.2, 0.25) is 0 Å². The molecule has 170 valence electrons. The molecular weight excluding hydrogens is 423 g/mol. The van der Waals surface area contributed by atoms with Crippen LogP contribution in [0.3, 0.4) is 0 Å². The van der Waals surface area contributed by atoms with E-state index < -0.39 is 11.9 Å². The van der Waals surface area contributed by atoms with Crippen LogP contribution in [0.5, 0.6) is 0 Å². The number of hydrogen-bond donors (Lipinski definition) is 1. The normalized spacial score (nSPS) is 13.2. The number of pyridine rings is 2. The third-order valence-corrected chi connectivity index (χ3v) is 6.27. The Bertz CT molecular complexity index is 1080. The molecule has 0 aliphatic rings. The Morgan fingerprint density at radius 1 is 1.19 bits per heavy atom. The molecule has 2 heterocycles. The van der Waals surface area contributed by atoms with Crippen LogP contribution in [0.2, 0.25) is 5.02 Å². The first-order chi connectivity index (χ1) is 15.3. The summed E-state index contributed by atoms with van der Waals surface area (Å²) in [6.07, 6.45) is 6.75. The fourth-order valence-corrected chi connectivity index (χ4v) is 4.07. The van der Waals surface area contributed by atoms with Gasteiger partial charge in [-0.15, -0.1) is 0 Å². The zero-order valence-corrected chi connectivity index (χ0v) is 19.9. The number of nitrogens with two attached hydrogens (primary N) is 1. The van der Waals surface area contributed by atoms with Gasteiger partial charge in [0.15, 0.2) is 0 Å². The van der Waals surface area contributed by atoms with Gasteiger partial charge in [-0.2, -0.15) is 0 Å². The zero-order valence-electron chi connectivity index (χ0n) is 19.1. The van der Waals surface area contributed by atoms with Crippen molar-refractivity contribution in [2.75, 3.05) is 18.5 Å². The first-order valence-electron chi connectivity index (χ1n) is 11.2. The topological polar surface area (TPSA) is 55.0 Å². The summed E-state index contributed by atoms with van der Waals surface area (Å²) in [4.78, 5) is 11.6. The molecule has 2 N–H and O–H groups in total. The number of aromatic nitrogens is 2. The minimum absolute atomic E-state index is 0.300. The van der Waals surface area contributed by atoms with Crippen LogP contribution in [0.15, 0.2) is 49.2 Å². The number of anilines is 1. The highest BCUT2D eigenvalue weighted by molar-refractivity contribution is 6.30. The van der Waals surface area contributed by atoms with E-state index in [-0.39, 0.29) is 0 Å². The Morgan fingerprint density at radius 3 is 2.69 bits per heavy atom.